The van der Waals surface area contributed by atoms with E-state index >= 15 is 0 Å². The molecule has 0 saturated heterocycles. The maximum Gasteiger partial charge on any atom is 0.128 e. The van der Waals surface area contributed by atoms with Crippen molar-refractivity contribution in [3.8, 4) is 73.6 Å². The van der Waals surface area contributed by atoms with E-state index in [0.29, 0.717) is 0 Å². The van der Waals surface area contributed by atoms with E-state index in [4.69, 9.17) is 14.2 Å². The molecule has 0 fully saturated rings. The Balaban J connectivity index is 1.09. The van der Waals surface area contributed by atoms with Crippen LogP contribution in [0.4, 0.5) is 0 Å². The molecule has 0 radical (unpaired) electrons. The number of phenolic OH excluding ortho intramolecular Hbond substituents is 1. The van der Waals surface area contributed by atoms with Crippen molar-refractivity contribution in [3.63, 3.8) is 0 Å². The first-order valence-corrected chi connectivity index (χ1v) is 17.9. The van der Waals surface area contributed by atoms with E-state index in [0.717, 1.165) is 107 Å². The lowest BCUT2D eigenvalue weighted by Crippen LogP contribution is -1.93. The average molecular weight is 697 g/mol. The Morgan fingerprint density at radius 2 is 0.774 bits per heavy atom. The van der Waals surface area contributed by atoms with E-state index in [1.54, 1.807) is 6.07 Å². The van der Waals surface area contributed by atoms with Crippen molar-refractivity contribution >= 4 is 0 Å². The third-order valence-corrected chi connectivity index (χ3v) is 9.41. The van der Waals surface area contributed by atoms with Gasteiger partial charge in [0.05, 0.1) is 0 Å². The molecule has 0 amide bonds. The van der Waals surface area contributed by atoms with Gasteiger partial charge in [0.15, 0.2) is 0 Å². The van der Waals surface area contributed by atoms with Crippen LogP contribution in [0.3, 0.4) is 0 Å². The molecular weight excluding hydrogens is 653 g/mol. The molecule has 0 aliphatic heterocycles. The van der Waals surface area contributed by atoms with Crippen LogP contribution in [0.15, 0.2) is 133 Å². The Morgan fingerprint density at radius 3 is 1.25 bits per heavy atom. The maximum atomic E-state index is 10.6. The van der Waals surface area contributed by atoms with E-state index < -0.39 is 0 Å². The average Bonchev–Trinajstić information content (AvgIpc) is 3.08. The van der Waals surface area contributed by atoms with Crippen LogP contribution in [0.2, 0.25) is 0 Å². The SMILES string of the molecule is Cc1cccc(Oc2cc(C)cc(-c3cc(C)cc(Oc4ccc(-c5ccc(Oc6cc(C)cc(-c7c(C)cccc7O)c6)cc5C)c(C)c4)c3)c2)c1. The fourth-order valence-electron chi connectivity index (χ4n) is 7.02. The summed E-state index contributed by atoms with van der Waals surface area (Å²) >= 11 is 0. The molecule has 0 aromatic heterocycles. The van der Waals surface area contributed by atoms with Gasteiger partial charge in [0.2, 0.25) is 0 Å². The molecule has 0 saturated carbocycles. The van der Waals surface area contributed by atoms with Crippen molar-refractivity contribution in [1.29, 1.82) is 0 Å². The summed E-state index contributed by atoms with van der Waals surface area (Å²) in [6, 6.07) is 44.9. The molecule has 0 bridgehead atoms. The first-order chi connectivity index (χ1) is 25.5. The van der Waals surface area contributed by atoms with Crippen LogP contribution in [0.1, 0.15) is 38.9 Å². The minimum absolute atomic E-state index is 0.262. The molecule has 53 heavy (non-hydrogen) atoms. The minimum Gasteiger partial charge on any atom is -0.507 e. The van der Waals surface area contributed by atoms with Crippen molar-refractivity contribution in [2.75, 3.05) is 0 Å². The summed E-state index contributed by atoms with van der Waals surface area (Å²) in [5, 5.41) is 10.6. The van der Waals surface area contributed by atoms with Gasteiger partial charge in [-0.1, -0.05) is 54.6 Å². The Labute approximate surface area is 312 Å². The van der Waals surface area contributed by atoms with Crippen LogP contribution in [0.25, 0.3) is 33.4 Å². The zero-order chi connectivity index (χ0) is 37.2. The van der Waals surface area contributed by atoms with Gasteiger partial charge in [0.25, 0.3) is 0 Å². The van der Waals surface area contributed by atoms with Gasteiger partial charge >= 0.3 is 0 Å². The standard InChI is InChI=1S/C49H44O4/c1-30-10-8-12-40(21-30)51-43-22-31(2)18-37(27-43)38-19-32(3)23-44(28-38)52-41-14-16-46(35(6)25-41)47-17-15-42(26-36(47)7)53-45-24-33(4)20-39(29-45)49-34(5)11-9-13-48(49)50/h8-29,50H,1-7H3. The van der Waals surface area contributed by atoms with Crippen LogP contribution >= 0.6 is 0 Å². The normalized spacial score (nSPS) is 11.0. The molecule has 0 atom stereocenters. The second-order valence-electron chi connectivity index (χ2n) is 14.1. The summed E-state index contributed by atoms with van der Waals surface area (Å²) in [6.45, 7) is 14.5. The van der Waals surface area contributed by atoms with Gasteiger partial charge in [-0.2, -0.15) is 0 Å². The molecular formula is C49H44O4. The van der Waals surface area contributed by atoms with E-state index in [1.165, 1.54) is 0 Å². The summed E-state index contributed by atoms with van der Waals surface area (Å²) in [6.07, 6.45) is 0. The number of benzene rings is 7. The zero-order valence-electron chi connectivity index (χ0n) is 31.4. The molecule has 0 heterocycles. The Kier molecular flexibility index (Phi) is 9.80. The van der Waals surface area contributed by atoms with Crippen LogP contribution in [0, 0.1) is 48.5 Å². The lowest BCUT2D eigenvalue weighted by atomic mass is 9.96. The topological polar surface area (TPSA) is 47.9 Å². The lowest BCUT2D eigenvalue weighted by molar-refractivity contribution is 0.476. The van der Waals surface area contributed by atoms with E-state index in [2.05, 4.69) is 107 Å². The molecule has 264 valence electrons. The van der Waals surface area contributed by atoms with Gasteiger partial charge in [0.1, 0.15) is 40.2 Å². The highest BCUT2D eigenvalue weighted by atomic mass is 16.5. The van der Waals surface area contributed by atoms with Crippen molar-refractivity contribution in [2.24, 2.45) is 0 Å². The Hall–Kier alpha value is -6.26. The molecule has 1 N–H and O–H groups in total. The summed E-state index contributed by atoms with van der Waals surface area (Å²) in [5.41, 5.74) is 13.9. The van der Waals surface area contributed by atoms with Gasteiger partial charge < -0.3 is 19.3 Å². The molecule has 0 unspecified atom stereocenters. The summed E-state index contributed by atoms with van der Waals surface area (Å²) in [4.78, 5) is 0. The van der Waals surface area contributed by atoms with Gasteiger partial charge in [-0.15, -0.1) is 0 Å². The Bertz CT molecular complexity index is 2450. The molecule has 4 heteroatoms. The zero-order valence-corrected chi connectivity index (χ0v) is 31.4. The van der Waals surface area contributed by atoms with Crippen molar-refractivity contribution in [1.82, 2.24) is 0 Å². The van der Waals surface area contributed by atoms with E-state index in [1.807, 2.05) is 68.4 Å². The smallest absolute Gasteiger partial charge is 0.128 e. The molecule has 0 spiro atoms. The number of ether oxygens (including phenoxy) is 3. The third-order valence-electron chi connectivity index (χ3n) is 9.41. The van der Waals surface area contributed by atoms with E-state index in [-0.39, 0.29) is 5.75 Å². The fourth-order valence-corrected chi connectivity index (χ4v) is 7.02. The van der Waals surface area contributed by atoms with Crippen LogP contribution in [-0.4, -0.2) is 5.11 Å². The molecule has 0 aliphatic carbocycles. The first kappa shape index (κ1) is 35.2. The predicted molar refractivity (Wildman–Crippen MR) is 217 cm³/mol. The first-order valence-electron chi connectivity index (χ1n) is 17.9. The van der Waals surface area contributed by atoms with Crippen LogP contribution < -0.4 is 14.2 Å². The van der Waals surface area contributed by atoms with Crippen molar-refractivity contribution in [3.05, 3.63) is 172 Å². The second-order valence-corrected chi connectivity index (χ2v) is 14.1. The molecule has 7 aromatic carbocycles. The van der Waals surface area contributed by atoms with Gasteiger partial charge in [-0.3, -0.25) is 0 Å². The maximum absolute atomic E-state index is 10.6. The van der Waals surface area contributed by atoms with Crippen LogP contribution in [0.5, 0.6) is 40.2 Å². The fraction of sp³-hybridized carbons (Fsp3) is 0.143. The number of aromatic hydroxyl groups is 1. The van der Waals surface area contributed by atoms with Crippen molar-refractivity contribution in [2.45, 2.75) is 48.5 Å². The summed E-state index contributed by atoms with van der Waals surface area (Å²) in [7, 11) is 0. The lowest BCUT2D eigenvalue weighted by Gasteiger charge is -2.15. The van der Waals surface area contributed by atoms with Gasteiger partial charge in [-0.25, -0.2) is 0 Å². The second kappa shape index (κ2) is 14.8. The van der Waals surface area contributed by atoms with Gasteiger partial charge in [0, 0.05) is 5.56 Å². The summed E-state index contributed by atoms with van der Waals surface area (Å²) in [5.74, 6) is 4.94. The third kappa shape index (κ3) is 8.13. The molecule has 7 rings (SSSR count). The number of rotatable bonds is 9. The van der Waals surface area contributed by atoms with Crippen LogP contribution in [-0.2, 0) is 0 Å². The Morgan fingerprint density at radius 1 is 0.340 bits per heavy atom. The van der Waals surface area contributed by atoms with E-state index in [9.17, 15) is 5.11 Å². The number of aryl methyl sites for hydroxylation is 7. The molecule has 7 aromatic rings. The molecule has 4 nitrogen and oxygen atoms in total. The minimum atomic E-state index is 0.262. The number of hydrogen-bond donors (Lipinski definition) is 1. The van der Waals surface area contributed by atoms with Gasteiger partial charge in [-0.05, 0) is 194 Å². The largest absolute Gasteiger partial charge is 0.507 e. The molecule has 0 aliphatic rings. The highest BCUT2D eigenvalue weighted by Gasteiger charge is 2.13. The number of phenols is 1. The quantitative estimate of drug-likeness (QED) is 0.163. The number of hydrogen-bond acceptors (Lipinski definition) is 4. The highest BCUT2D eigenvalue weighted by molar-refractivity contribution is 5.76. The van der Waals surface area contributed by atoms with Crippen molar-refractivity contribution < 1.29 is 19.3 Å². The highest BCUT2D eigenvalue weighted by Crippen LogP contribution is 2.39. The predicted octanol–water partition coefficient (Wildman–Crippen LogP) is 13.9. The summed E-state index contributed by atoms with van der Waals surface area (Å²) < 4.78 is 19.1. The monoisotopic (exact) mass is 696 g/mol.